The number of ether oxygens (including phenoxy) is 1. The van der Waals surface area contributed by atoms with Crippen LogP contribution in [-0.4, -0.2) is 42.0 Å². The number of hydrogen-bond acceptors (Lipinski definition) is 2. The summed E-state index contributed by atoms with van der Waals surface area (Å²) in [7, 11) is 0. The number of carbonyl (C=O) groups is 1. The van der Waals surface area contributed by atoms with Gasteiger partial charge in [0.1, 0.15) is 0 Å². The quantitative estimate of drug-likeness (QED) is 0.697. The summed E-state index contributed by atoms with van der Waals surface area (Å²) < 4.78 is 5.57. The van der Waals surface area contributed by atoms with Crippen LogP contribution in [0.25, 0.3) is 0 Å². The van der Waals surface area contributed by atoms with Gasteiger partial charge in [0.05, 0.1) is 6.10 Å². The van der Waals surface area contributed by atoms with Crippen molar-refractivity contribution >= 4 is 17.5 Å². The number of nitrogens with zero attached hydrogens (tertiary/aromatic N) is 1. The van der Waals surface area contributed by atoms with Crippen molar-refractivity contribution in [3.8, 4) is 0 Å². The minimum absolute atomic E-state index is 0.276. The molecular weight excluding hydrogens is 250 g/mol. The molecule has 0 bridgehead atoms. The fourth-order valence-electron chi connectivity index (χ4n) is 3.12. The van der Waals surface area contributed by atoms with Crippen LogP contribution in [0.5, 0.6) is 0 Å². The Morgan fingerprint density at radius 2 is 2.00 bits per heavy atom. The normalized spacial score (nSPS) is 24.6. The fourth-order valence-corrected chi connectivity index (χ4v) is 3.30. The van der Waals surface area contributed by atoms with Gasteiger partial charge in [0.15, 0.2) is 0 Å². The lowest BCUT2D eigenvalue weighted by Gasteiger charge is -2.28. The van der Waals surface area contributed by atoms with Crippen molar-refractivity contribution in [1.82, 2.24) is 4.90 Å². The van der Waals surface area contributed by atoms with Gasteiger partial charge < -0.3 is 9.64 Å². The third kappa shape index (κ3) is 3.86. The van der Waals surface area contributed by atoms with E-state index in [1.54, 1.807) is 0 Å². The van der Waals surface area contributed by atoms with E-state index in [4.69, 9.17) is 16.3 Å². The number of amides is 1. The van der Waals surface area contributed by atoms with Crippen LogP contribution in [0.4, 0.5) is 0 Å². The van der Waals surface area contributed by atoms with Gasteiger partial charge in [-0.05, 0) is 32.1 Å². The molecule has 4 heteroatoms. The zero-order valence-corrected chi connectivity index (χ0v) is 11.8. The first kappa shape index (κ1) is 14.1. The second-order valence-corrected chi connectivity index (χ2v) is 5.77. The molecule has 1 unspecified atom stereocenters. The Bertz CT molecular complexity index is 261. The van der Waals surface area contributed by atoms with E-state index in [1.807, 2.05) is 4.90 Å². The van der Waals surface area contributed by atoms with E-state index in [2.05, 4.69) is 0 Å². The molecule has 0 N–H and O–H groups in total. The topological polar surface area (TPSA) is 29.5 Å². The molecular formula is C14H24ClNO2. The summed E-state index contributed by atoms with van der Waals surface area (Å²) in [6.07, 6.45) is 8.90. The number of carbonyl (C=O) groups excluding carboxylic acids is 1. The maximum absolute atomic E-state index is 12.3. The molecule has 104 valence electrons. The average molecular weight is 274 g/mol. The van der Waals surface area contributed by atoms with Crippen LogP contribution in [0.3, 0.4) is 0 Å². The molecule has 1 saturated carbocycles. The first-order valence-corrected chi connectivity index (χ1v) is 7.81. The summed E-state index contributed by atoms with van der Waals surface area (Å²) in [5, 5.41) is 0. The smallest absolute Gasteiger partial charge is 0.222 e. The number of alkyl halides is 1. The maximum Gasteiger partial charge on any atom is 0.222 e. The van der Waals surface area contributed by atoms with Crippen molar-refractivity contribution < 1.29 is 9.53 Å². The van der Waals surface area contributed by atoms with E-state index >= 15 is 0 Å². The van der Waals surface area contributed by atoms with Crippen LogP contribution in [-0.2, 0) is 9.53 Å². The number of hydrogen-bond donors (Lipinski definition) is 0. The molecule has 0 radical (unpaired) electrons. The van der Waals surface area contributed by atoms with E-state index in [1.165, 1.54) is 12.8 Å². The molecule has 0 aromatic heterocycles. The largest absolute Gasteiger partial charge is 0.378 e. The monoisotopic (exact) mass is 273 g/mol. The van der Waals surface area contributed by atoms with E-state index in [9.17, 15) is 4.79 Å². The zero-order chi connectivity index (χ0) is 12.8. The van der Waals surface area contributed by atoms with E-state index < -0.39 is 0 Å². The molecule has 0 aromatic carbocycles. The predicted octanol–water partition coefficient (Wildman–Crippen LogP) is 2.96. The predicted molar refractivity (Wildman–Crippen MR) is 72.9 cm³/mol. The molecule has 1 heterocycles. The average Bonchev–Trinajstić information content (AvgIpc) is 3.05. The van der Waals surface area contributed by atoms with Crippen LogP contribution >= 0.6 is 11.6 Å². The highest BCUT2D eigenvalue weighted by Crippen LogP contribution is 2.25. The molecule has 1 saturated heterocycles. The Hall–Kier alpha value is -0.280. The molecule has 2 aliphatic rings. The van der Waals surface area contributed by atoms with Crippen LogP contribution < -0.4 is 0 Å². The lowest BCUT2D eigenvalue weighted by molar-refractivity contribution is -0.133. The van der Waals surface area contributed by atoms with Gasteiger partial charge in [0, 0.05) is 31.5 Å². The van der Waals surface area contributed by atoms with E-state index in [-0.39, 0.29) is 5.91 Å². The Labute approximate surface area is 115 Å². The highest BCUT2D eigenvalue weighted by Gasteiger charge is 2.26. The van der Waals surface area contributed by atoms with Crippen molar-refractivity contribution in [2.75, 3.05) is 19.0 Å². The molecule has 2 fully saturated rings. The minimum Gasteiger partial charge on any atom is -0.378 e. The van der Waals surface area contributed by atoms with Gasteiger partial charge in [-0.1, -0.05) is 12.8 Å². The lowest BCUT2D eigenvalue weighted by Crippen LogP contribution is -2.40. The van der Waals surface area contributed by atoms with Crippen molar-refractivity contribution in [2.45, 2.75) is 63.5 Å². The van der Waals surface area contributed by atoms with Crippen molar-refractivity contribution in [2.24, 2.45) is 0 Å². The Balaban J connectivity index is 1.78. The van der Waals surface area contributed by atoms with Crippen molar-refractivity contribution in [3.05, 3.63) is 0 Å². The Kier molecular flexibility index (Phi) is 5.77. The molecule has 18 heavy (non-hydrogen) atoms. The highest BCUT2D eigenvalue weighted by molar-refractivity contribution is 6.18. The summed E-state index contributed by atoms with van der Waals surface area (Å²) in [5.41, 5.74) is 0. The van der Waals surface area contributed by atoms with Crippen LogP contribution in [0.15, 0.2) is 0 Å². The molecule has 1 atom stereocenters. The Morgan fingerprint density at radius 3 is 2.61 bits per heavy atom. The molecule has 1 aliphatic heterocycles. The molecule has 1 aliphatic carbocycles. The van der Waals surface area contributed by atoms with E-state index in [0.29, 0.717) is 31.0 Å². The van der Waals surface area contributed by atoms with Crippen LogP contribution in [0.2, 0.25) is 0 Å². The van der Waals surface area contributed by atoms with E-state index in [0.717, 1.165) is 38.7 Å². The third-order valence-corrected chi connectivity index (χ3v) is 4.28. The zero-order valence-electron chi connectivity index (χ0n) is 11.1. The van der Waals surface area contributed by atoms with Crippen molar-refractivity contribution in [1.29, 1.82) is 0 Å². The van der Waals surface area contributed by atoms with Crippen molar-refractivity contribution in [3.63, 3.8) is 0 Å². The summed E-state index contributed by atoms with van der Waals surface area (Å²) in [4.78, 5) is 14.3. The van der Waals surface area contributed by atoms with Gasteiger partial charge in [-0.2, -0.15) is 0 Å². The van der Waals surface area contributed by atoms with Gasteiger partial charge in [-0.15, -0.1) is 11.6 Å². The van der Waals surface area contributed by atoms with Gasteiger partial charge in [0.25, 0.3) is 0 Å². The fraction of sp³-hybridized carbons (Fsp3) is 0.929. The van der Waals surface area contributed by atoms with Crippen LogP contribution in [0, 0.1) is 0 Å². The third-order valence-electron chi connectivity index (χ3n) is 4.12. The molecule has 0 aromatic rings. The SMILES string of the molecule is O=C(CCC1CCCO1)N(CCCl)C1CCCC1. The second-order valence-electron chi connectivity index (χ2n) is 5.39. The maximum atomic E-state index is 12.3. The molecule has 0 spiro atoms. The standard InChI is InChI=1S/C14H24ClNO2/c15-9-10-16(12-4-1-2-5-12)14(17)8-7-13-6-3-11-18-13/h12-13H,1-11H2. The summed E-state index contributed by atoms with van der Waals surface area (Å²) in [6.45, 7) is 1.57. The van der Waals surface area contributed by atoms with Gasteiger partial charge >= 0.3 is 0 Å². The summed E-state index contributed by atoms with van der Waals surface area (Å²) in [6, 6.07) is 0.445. The molecule has 3 nitrogen and oxygen atoms in total. The summed E-state index contributed by atoms with van der Waals surface area (Å²) >= 11 is 5.83. The number of halogens is 1. The number of rotatable bonds is 6. The first-order valence-electron chi connectivity index (χ1n) is 7.28. The van der Waals surface area contributed by atoms with Crippen LogP contribution in [0.1, 0.15) is 51.4 Å². The van der Waals surface area contributed by atoms with Gasteiger partial charge in [0.2, 0.25) is 5.91 Å². The second kappa shape index (κ2) is 7.34. The lowest BCUT2D eigenvalue weighted by atomic mass is 10.1. The highest BCUT2D eigenvalue weighted by atomic mass is 35.5. The molecule has 2 rings (SSSR count). The first-order chi connectivity index (χ1) is 8.81. The summed E-state index contributed by atoms with van der Waals surface area (Å²) in [5.74, 6) is 0.820. The van der Waals surface area contributed by atoms with Gasteiger partial charge in [-0.25, -0.2) is 0 Å². The van der Waals surface area contributed by atoms with Gasteiger partial charge in [-0.3, -0.25) is 4.79 Å². The minimum atomic E-state index is 0.276. The molecule has 1 amide bonds. The Morgan fingerprint density at radius 1 is 1.22 bits per heavy atom.